The van der Waals surface area contributed by atoms with Crippen LogP contribution in [0.5, 0.6) is 17.2 Å². The minimum atomic E-state index is -0.270. The molecule has 0 radical (unpaired) electrons. The van der Waals surface area contributed by atoms with Crippen molar-refractivity contribution in [2.45, 2.75) is 27.2 Å². The molecule has 140 valence electrons. The molecule has 0 saturated heterocycles. The van der Waals surface area contributed by atoms with Crippen LogP contribution >= 0.6 is 11.6 Å². The van der Waals surface area contributed by atoms with Crippen molar-refractivity contribution in [2.75, 3.05) is 25.6 Å². The highest BCUT2D eigenvalue weighted by molar-refractivity contribution is 6.31. The van der Waals surface area contributed by atoms with Crippen LogP contribution in [0.1, 0.15) is 36.2 Å². The molecule has 0 aliphatic heterocycles. The molecule has 5 nitrogen and oxygen atoms in total. The van der Waals surface area contributed by atoms with E-state index < -0.39 is 0 Å². The molecule has 2 aromatic carbocycles. The van der Waals surface area contributed by atoms with Crippen LogP contribution in [0.25, 0.3) is 0 Å². The number of anilines is 1. The highest BCUT2D eigenvalue weighted by Gasteiger charge is 2.15. The predicted molar refractivity (Wildman–Crippen MR) is 104 cm³/mol. The van der Waals surface area contributed by atoms with Crippen molar-refractivity contribution in [2.24, 2.45) is 0 Å². The van der Waals surface area contributed by atoms with Crippen LogP contribution in [0, 0.1) is 6.92 Å². The van der Waals surface area contributed by atoms with Crippen LogP contribution in [0.2, 0.25) is 5.02 Å². The smallest absolute Gasteiger partial charge is 0.255 e. The Hall–Kier alpha value is -2.40. The van der Waals surface area contributed by atoms with E-state index in [1.54, 1.807) is 30.3 Å². The van der Waals surface area contributed by atoms with E-state index in [0.29, 0.717) is 46.7 Å². The Bertz CT molecular complexity index is 777. The van der Waals surface area contributed by atoms with Gasteiger partial charge in [0.05, 0.1) is 26.0 Å². The van der Waals surface area contributed by atoms with E-state index in [4.69, 9.17) is 25.8 Å². The molecule has 6 heteroatoms. The van der Waals surface area contributed by atoms with Gasteiger partial charge in [0, 0.05) is 16.7 Å². The molecule has 26 heavy (non-hydrogen) atoms. The summed E-state index contributed by atoms with van der Waals surface area (Å²) in [6.45, 7) is 6.86. The Kier molecular flexibility index (Phi) is 7.16. The number of methoxy groups -OCH3 is 1. The van der Waals surface area contributed by atoms with E-state index in [2.05, 4.69) is 5.32 Å². The molecule has 0 unspecified atom stereocenters. The van der Waals surface area contributed by atoms with Crippen molar-refractivity contribution in [1.82, 2.24) is 0 Å². The van der Waals surface area contributed by atoms with Crippen LogP contribution in [-0.2, 0) is 0 Å². The van der Waals surface area contributed by atoms with Crippen LogP contribution in [0.3, 0.4) is 0 Å². The third-order valence-corrected chi connectivity index (χ3v) is 4.10. The number of benzene rings is 2. The van der Waals surface area contributed by atoms with E-state index >= 15 is 0 Å². The van der Waals surface area contributed by atoms with E-state index in [0.717, 1.165) is 12.0 Å². The molecule has 0 aromatic heterocycles. The maximum atomic E-state index is 12.7. The van der Waals surface area contributed by atoms with Crippen molar-refractivity contribution in [3.05, 3.63) is 46.5 Å². The van der Waals surface area contributed by atoms with Crippen molar-refractivity contribution < 1.29 is 19.0 Å². The van der Waals surface area contributed by atoms with Gasteiger partial charge in [0.15, 0.2) is 11.5 Å². The molecule has 0 bridgehead atoms. The third kappa shape index (κ3) is 4.82. The molecule has 0 saturated carbocycles. The number of halogens is 1. The van der Waals surface area contributed by atoms with Gasteiger partial charge in [-0.05, 0) is 50.1 Å². The monoisotopic (exact) mass is 377 g/mol. The second-order valence-electron chi connectivity index (χ2n) is 5.70. The van der Waals surface area contributed by atoms with Gasteiger partial charge in [-0.15, -0.1) is 0 Å². The Morgan fingerprint density at radius 3 is 2.50 bits per heavy atom. The van der Waals surface area contributed by atoms with Gasteiger partial charge in [-0.3, -0.25) is 4.79 Å². The summed E-state index contributed by atoms with van der Waals surface area (Å²) in [7, 11) is 1.53. The SMILES string of the molecule is CCCOc1ccc(C(=O)Nc2cc(C)c(Cl)cc2OC)cc1OCC. The third-order valence-electron chi connectivity index (χ3n) is 3.70. The fraction of sp³-hybridized carbons (Fsp3) is 0.350. The van der Waals surface area contributed by atoms with Gasteiger partial charge >= 0.3 is 0 Å². The zero-order valence-corrected chi connectivity index (χ0v) is 16.3. The highest BCUT2D eigenvalue weighted by Crippen LogP contribution is 2.32. The summed E-state index contributed by atoms with van der Waals surface area (Å²) in [6, 6.07) is 8.60. The van der Waals surface area contributed by atoms with Crippen LogP contribution in [0.4, 0.5) is 5.69 Å². The van der Waals surface area contributed by atoms with Crippen molar-refractivity contribution in [3.63, 3.8) is 0 Å². The molecule has 0 heterocycles. The summed E-state index contributed by atoms with van der Waals surface area (Å²) < 4.78 is 16.6. The summed E-state index contributed by atoms with van der Waals surface area (Å²) in [5, 5.41) is 3.44. The number of rotatable bonds is 8. The molecule has 0 atom stereocenters. The number of aryl methyl sites for hydroxylation is 1. The largest absolute Gasteiger partial charge is 0.495 e. The molecular formula is C20H24ClNO4. The predicted octanol–water partition coefficient (Wildman–Crippen LogP) is 5.10. The molecule has 1 amide bonds. The van der Waals surface area contributed by atoms with E-state index in [1.807, 2.05) is 20.8 Å². The van der Waals surface area contributed by atoms with Crippen molar-refractivity contribution in [1.29, 1.82) is 0 Å². The Morgan fingerprint density at radius 1 is 1.08 bits per heavy atom. The first-order chi connectivity index (χ1) is 12.5. The molecule has 2 rings (SSSR count). The van der Waals surface area contributed by atoms with Crippen LogP contribution in [0.15, 0.2) is 30.3 Å². The van der Waals surface area contributed by atoms with E-state index in [1.165, 1.54) is 7.11 Å². The lowest BCUT2D eigenvalue weighted by atomic mass is 10.1. The summed E-state index contributed by atoms with van der Waals surface area (Å²) >= 11 is 6.11. The van der Waals surface area contributed by atoms with Gasteiger partial charge in [0.25, 0.3) is 5.91 Å². The first-order valence-electron chi connectivity index (χ1n) is 8.55. The molecule has 2 aromatic rings. The Balaban J connectivity index is 2.27. The number of hydrogen-bond donors (Lipinski definition) is 1. The molecule has 1 N–H and O–H groups in total. The first-order valence-corrected chi connectivity index (χ1v) is 8.93. The van der Waals surface area contributed by atoms with Gasteiger partial charge in [0.1, 0.15) is 5.75 Å². The van der Waals surface area contributed by atoms with Gasteiger partial charge in [-0.1, -0.05) is 18.5 Å². The second kappa shape index (κ2) is 9.34. The lowest BCUT2D eigenvalue weighted by Crippen LogP contribution is -2.13. The number of carbonyl (C=O) groups is 1. The number of carbonyl (C=O) groups excluding carboxylic acids is 1. The summed E-state index contributed by atoms with van der Waals surface area (Å²) in [6.07, 6.45) is 0.892. The molecular weight excluding hydrogens is 354 g/mol. The number of amides is 1. The molecule has 0 aliphatic rings. The Labute approximate surface area is 159 Å². The quantitative estimate of drug-likeness (QED) is 0.695. The summed E-state index contributed by atoms with van der Waals surface area (Å²) in [5.74, 6) is 1.41. The highest BCUT2D eigenvalue weighted by atomic mass is 35.5. The standard InChI is InChI=1S/C20H24ClNO4/c1-5-9-26-17-8-7-14(11-19(17)25-6-2)20(23)22-16-10-13(3)15(21)12-18(16)24-4/h7-8,10-12H,5-6,9H2,1-4H3,(H,22,23). The van der Waals surface area contributed by atoms with Gasteiger partial charge in [-0.2, -0.15) is 0 Å². The first kappa shape index (κ1) is 19.9. The van der Waals surface area contributed by atoms with Crippen LogP contribution in [-0.4, -0.2) is 26.2 Å². The second-order valence-corrected chi connectivity index (χ2v) is 6.11. The summed E-state index contributed by atoms with van der Waals surface area (Å²) in [4.78, 5) is 12.7. The normalized spacial score (nSPS) is 10.3. The average Bonchev–Trinajstić information content (AvgIpc) is 2.63. The topological polar surface area (TPSA) is 56.8 Å². The fourth-order valence-corrected chi connectivity index (χ4v) is 2.53. The minimum absolute atomic E-state index is 0.270. The molecule has 0 aliphatic carbocycles. The number of ether oxygens (including phenoxy) is 3. The lowest BCUT2D eigenvalue weighted by Gasteiger charge is -2.14. The van der Waals surface area contributed by atoms with Crippen molar-refractivity contribution in [3.8, 4) is 17.2 Å². The fourth-order valence-electron chi connectivity index (χ4n) is 2.37. The average molecular weight is 378 g/mol. The maximum absolute atomic E-state index is 12.7. The summed E-state index contributed by atoms with van der Waals surface area (Å²) in [5.41, 5.74) is 1.87. The van der Waals surface area contributed by atoms with Gasteiger partial charge in [0.2, 0.25) is 0 Å². The van der Waals surface area contributed by atoms with Crippen molar-refractivity contribution >= 4 is 23.2 Å². The lowest BCUT2D eigenvalue weighted by molar-refractivity contribution is 0.102. The molecule has 0 spiro atoms. The maximum Gasteiger partial charge on any atom is 0.255 e. The van der Waals surface area contributed by atoms with Gasteiger partial charge in [-0.25, -0.2) is 0 Å². The van der Waals surface area contributed by atoms with E-state index in [9.17, 15) is 4.79 Å². The van der Waals surface area contributed by atoms with E-state index in [-0.39, 0.29) is 5.91 Å². The minimum Gasteiger partial charge on any atom is -0.495 e. The number of hydrogen-bond acceptors (Lipinski definition) is 4. The zero-order chi connectivity index (χ0) is 19.1. The molecule has 0 fully saturated rings. The zero-order valence-electron chi connectivity index (χ0n) is 15.5. The van der Waals surface area contributed by atoms with Gasteiger partial charge < -0.3 is 19.5 Å². The van der Waals surface area contributed by atoms with Crippen LogP contribution < -0.4 is 19.5 Å². The number of nitrogens with one attached hydrogen (secondary N) is 1. The Morgan fingerprint density at radius 2 is 1.85 bits per heavy atom.